The van der Waals surface area contributed by atoms with Crippen molar-refractivity contribution in [3.05, 3.63) is 35.4 Å². The fourth-order valence-corrected chi connectivity index (χ4v) is 1.88. The van der Waals surface area contributed by atoms with Crippen LogP contribution in [0.4, 0.5) is 0 Å². The molecule has 88 valence electrons. The molecule has 1 aromatic rings. The molecule has 1 aliphatic rings. The summed E-state index contributed by atoms with van der Waals surface area (Å²) in [5.74, 6) is -0.478. The zero-order valence-electron chi connectivity index (χ0n) is 9.77. The van der Waals surface area contributed by atoms with Crippen molar-refractivity contribution in [2.45, 2.75) is 32.2 Å². The molecule has 16 heavy (non-hydrogen) atoms. The van der Waals surface area contributed by atoms with Gasteiger partial charge >= 0.3 is 0 Å². The highest BCUT2D eigenvalue weighted by Crippen LogP contribution is 2.32. The van der Waals surface area contributed by atoms with Crippen molar-refractivity contribution in [1.29, 1.82) is 0 Å². The first-order valence-electron chi connectivity index (χ1n) is 5.62. The summed E-state index contributed by atoms with van der Waals surface area (Å²) in [5, 5.41) is 8.82. The van der Waals surface area contributed by atoms with Gasteiger partial charge in [-0.3, -0.25) is 0 Å². The summed E-state index contributed by atoms with van der Waals surface area (Å²) >= 11 is 0. The van der Waals surface area contributed by atoms with Crippen LogP contribution in [0.5, 0.6) is 0 Å². The number of aliphatic hydroxyl groups excluding tert-OH is 1. The summed E-state index contributed by atoms with van der Waals surface area (Å²) in [4.78, 5) is 0. The van der Waals surface area contributed by atoms with Gasteiger partial charge in [0, 0.05) is 6.61 Å². The molecule has 1 fully saturated rings. The molecule has 0 spiro atoms. The number of rotatable bonds is 3. The number of benzene rings is 1. The SMILES string of the molecule is CC1(C)OCC(c2ccc(CCO)cc2)O1. The fraction of sp³-hybridized carbons (Fsp3) is 0.538. The largest absolute Gasteiger partial charge is 0.396 e. The van der Waals surface area contributed by atoms with Gasteiger partial charge < -0.3 is 14.6 Å². The molecular formula is C13H18O3. The monoisotopic (exact) mass is 222 g/mol. The summed E-state index contributed by atoms with van der Waals surface area (Å²) in [6.45, 7) is 4.64. The molecule has 0 saturated carbocycles. The lowest BCUT2D eigenvalue weighted by Gasteiger charge is -2.17. The lowest BCUT2D eigenvalue weighted by atomic mass is 10.1. The average Bonchev–Trinajstić information content (AvgIpc) is 2.61. The van der Waals surface area contributed by atoms with Crippen LogP contribution in [0.3, 0.4) is 0 Å². The van der Waals surface area contributed by atoms with Crippen molar-refractivity contribution in [2.24, 2.45) is 0 Å². The Bertz CT molecular complexity index is 343. The third-order valence-electron chi connectivity index (χ3n) is 2.76. The van der Waals surface area contributed by atoms with E-state index in [9.17, 15) is 0 Å². The van der Waals surface area contributed by atoms with Crippen LogP contribution in [0.15, 0.2) is 24.3 Å². The van der Waals surface area contributed by atoms with Gasteiger partial charge in [0.2, 0.25) is 0 Å². The maximum Gasteiger partial charge on any atom is 0.163 e. The van der Waals surface area contributed by atoms with Gasteiger partial charge in [0.1, 0.15) is 6.10 Å². The number of hydrogen-bond donors (Lipinski definition) is 1. The third-order valence-corrected chi connectivity index (χ3v) is 2.76. The molecule has 1 N–H and O–H groups in total. The Labute approximate surface area is 96.0 Å². The molecule has 1 unspecified atom stereocenters. The Balaban J connectivity index is 2.05. The molecule has 0 aliphatic carbocycles. The lowest BCUT2D eigenvalue weighted by Crippen LogP contribution is -2.19. The number of aliphatic hydroxyl groups is 1. The first-order valence-corrected chi connectivity index (χ1v) is 5.62. The van der Waals surface area contributed by atoms with Crippen LogP contribution in [0, 0.1) is 0 Å². The highest BCUT2D eigenvalue weighted by atomic mass is 16.7. The van der Waals surface area contributed by atoms with Gasteiger partial charge in [-0.2, -0.15) is 0 Å². The lowest BCUT2D eigenvalue weighted by molar-refractivity contribution is -0.139. The van der Waals surface area contributed by atoms with Crippen LogP contribution in [-0.4, -0.2) is 24.1 Å². The smallest absolute Gasteiger partial charge is 0.163 e. The van der Waals surface area contributed by atoms with Crippen molar-refractivity contribution >= 4 is 0 Å². The summed E-state index contributed by atoms with van der Waals surface area (Å²) in [6.07, 6.45) is 0.728. The van der Waals surface area contributed by atoms with Crippen LogP contribution in [-0.2, 0) is 15.9 Å². The van der Waals surface area contributed by atoms with E-state index in [0.717, 1.165) is 11.1 Å². The van der Waals surface area contributed by atoms with E-state index in [0.29, 0.717) is 13.0 Å². The van der Waals surface area contributed by atoms with Crippen LogP contribution >= 0.6 is 0 Å². The van der Waals surface area contributed by atoms with Gasteiger partial charge in [0.15, 0.2) is 5.79 Å². The van der Waals surface area contributed by atoms with E-state index in [2.05, 4.69) is 0 Å². The van der Waals surface area contributed by atoms with Crippen molar-refractivity contribution < 1.29 is 14.6 Å². The van der Waals surface area contributed by atoms with E-state index in [1.54, 1.807) is 0 Å². The van der Waals surface area contributed by atoms with E-state index in [1.165, 1.54) is 0 Å². The molecule has 3 heteroatoms. The second-order valence-electron chi connectivity index (χ2n) is 4.53. The molecule has 1 atom stereocenters. The molecule has 2 rings (SSSR count). The second kappa shape index (κ2) is 4.53. The van der Waals surface area contributed by atoms with E-state index in [1.807, 2.05) is 38.1 Å². The maximum absolute atomic E-state index is 8.82. The predicted octanol–water partition coefficient (Wildman–Crippen LogP) is 2.05. The Kier molecular flexibility index (Phi) is 3.28. The van der Waals surface area contributed by atoms with Crippen LogP contribution in [0.1, 0.15) is 31.1 Å². The number of ether oxygens (including phenoxy) is 2. The highest BCUT2D eigenvalue weighted by molar-refractivity contribution is 5.25. The first kappa shape index (κ1) is 11.6. The van der Waals surface area contributed by atoms with Crippen molar-refractivity contribution in [1.82, 2.24) is 0 Å². The Morgan fingerprint density at radius 1 is 1.31 bits per heavy atom. The maximum atomic E-state index is 8.82. The van der Waals surface area contributed by atoms with Gasteiger partial charge in [0.05, 0.1) is 6.61 Å². The second-order valence-corrected chi connectivity index (χ2v) is 4.53. The van der Waals surface area contributed by atoms with Crippen molar-refractivity contribution in [2.75, 3.05) is 13.2 Å². The zero-order chi connectivity index (χ0) is 11.6. The van der Waals surface area contributed by atoms with Crippen LogP contribution in [0.25, 0.3) is 0 Å². The summed E-state index contributed by atoms with van der Waals surface area (Å²) in [6, 6.07) is 8.14. The summed E-state index contributed by atoms with van der Waals surface area (Å²) in [5.41, 5.74) is 2.27. The van der Waals surface area contributed by atoms with Gasteiger partial charge in [-0.1, -0.05) is 24.3 Å². The average molecular weight is 222 g/mol. The van der Waals surface area contributed by atoms with Gasteiger partial charge in [-0.15, -0.1) is 0 Å². The van der Waals surface area contributed by atoms with E-state index in [-0.39, 0.29) is 12.7 Å². The Hall–Kier alpha value is -0.900. The summed E-state index contributed by atoms with van der Waals surface area (Å²) < 4.78 is 11.3. The van der Waals surface area contributed by atoms with Gasteiger partial charge in [-0.05, 0) is 31.4 Å². The van der Waals surface area contributed by atoms with Gasteiger partial charge in [-0.25, -0.2) is 0 Å². The molecule has 0 amide bonds. The molecule has 3 nitrogen and oxygen atoms in total. The fourth-order valence-electron chi connectivity index (χ4n) is 1.88. The van der Waals surface area contributed by atoms with E-state index < -0.39 is 5.79 Å². The minimum absolute atomic E-state index is 0.0261. The highest BCUT2D eigenvalue weighted by Gasteiger charge is 2.33. The van der Waals surface area contributed by atoms with Crippen molar-refractivity contribution in [3.63, 3.8) is 0 Å². The zero-order valence-corrected chi connectivity index (χ0v) is 9.77. The minimum atomic E-state index is -0.478. The Morgan fingerprint density at radius 3 is 2.50 bits per heavy atom. The molecule has 1 aliphatic heterocycles. The molecule has 0 aromatic heterocycles. The molecule has 0 bridgehead atoms. The van der Waals surface area contributed by atoms with Crippen LogP contribution < -0.4 is 0 Å². The quantitative estimate of drug-likeness (QED) is 0.850. The minimum Gasteiger partial charge on any atom is -0.396 e. The van der Waals surface area contributed by atoms with Gasteiger partial charge in [0.25, 0.3) is 0 Å². The molecular weight excluding hydrogens is 204 g/mol. The topological polar surface area (TPSA) is 38.7 Å². The normalized spacial score (nSPS) is 23.6. The Morgan fingerprint density at radius 2 is 2.00 bits per heavy atom. The molecule has 1 heterocycles. The van der Waals surface area contributed by atoms with E-state index in [4.69, 9.17) is 14.6 Å². The number of hydrogen-bond acceptors (Lipinski definition) is 3. The van der Waals surface area contributed by atoms with Crippen molar-refractivity contribution in [3.8, 4) is 0 Å². The predicted molar refractivity (Wildman–Crippen MR) is 61.1 cm³/mol. The molecule has 0 radical (unpaired) electrons. The standard InChI is InChI=1S/C13H18O3/c1-13(2)15-9-12(16-13)11-5-3-10(4-6-11)7-8-14/h3-6,12,14H,7-9H2,1-2H3. The van der Waals surface area contributed by atoms with Crippen LogP contribution in [0.2, 0.25) is 0 Å². The third kappa shape index (κ3) is 2.61. The molecule has 1 saturated heterocycles. The van der Waals surface area contributed by atoms with E-state index >= 15 is 0 Å². The first-order chi connectivity index (χ1) is 7.61. The molecule has 1 aromatic carbocycles. The summed E-state index contributed by atoms with van der Waals surface area (Å²) in [7, 11) is 0.